The van der Waals surface area contributed by atoms with Crippen molar-refractivity contribution in [2.24, 2.45) is 5.92 Å². The highest BCUT2D eigenvalue weighted by Crippen LogP contribution is 2.47. The lowest BCUT2D eigenvalue weighted by atomic mass is 9.96. The molecule has 17 nitrogen and oxygen atoms in total. The number of imidazole rings is 1. The number of anilines is 1. The second-order valence-electron chi connectivity index (χ2n) is 10.8. The molecule has 2 aromatic heterocycles. The van der Waals surface area contributed by atoms with E-state index in [0.717, 1.165) is 0 Å². The highest BCUT2D eigenvalue weighted by Gasteiger charge is 2.54. The molecule has 1 fully saturated rings. The zero-order valence-electron chi connectivity index (χ0n) is 25.3. The Balaban J connectivity index is 1.86. The highest BCUT2D eigenvalue weighted by atomic mass is 31.2. The van der Waals surface area contributed by atoms with Crippen molar-refractivity contribution in [3.63, 3.8) is 0 Å². The lowest BCUT2D eigenvalue weighted by Gasteiger charge is -2.28. The number of carbonyl (C=O) groups excluding carboxylic acids is 2. The molecule has 43 heavy (non-hydrogen) atoms. The largest absolute Gasteiger partial charge is 0.479 e. The molecule has 0 bridgehead atoms. The van der Waals surface area contributed by atoms with Crippen LogP contribution in [-0.4, -0.2) is 98.6 Å². The molecule has 3 rings (SSSR count). The zero-order chi connectivity index (χ0) is 32.1. The standard InChI is InChI=1S/C25H41N6O11P/c1-8-38-17(32)11-40-43(36,30-15(9-13(2)3)22(34)41-14(4)5)39-10-16-19(33)25(6,35)23(42-16)31-12-27-18-20(31)28-24(26)29-21(18)37-7/h12-16,19,23,33,35H,8-11H2,1-7H3,(H,30,36)(H2,26,28,29). The Hall–Kier alpha value is -2.92. The normalized spacial score (nSPS) is 24.3. The number of nitrogens with one attached hydrogen (secondary N) is 1. The molecule has 0 aliphatic carbocycles. The van der Waals surface area contributed by atoms with E-state index in [-0.39, 0.29) is 41.9 Å². The molecule has 1 saturated heterocycles. The van der Waals surface area contributed by atoms with E-state index in [9.17, 15) is 24.4 Å². The Labute approximate surface area is 248 Å². The number of nitrogens with zero attached hydrogens (tertiary/aromatic N) is 4. The van der Waals surface area contributed by atoms with Gasteiger partial charge in [0.25, 0.3) is 0 Å². The highest BCUT2D eigenvalue weighted by molar-refractivity contribution is 7.51. The molecule has 0 saturated carbocycles. The fourth-order valence-electron chi connectivity index (χ4n) is 4.40. The second kappa shape index (κ2) is 14.2. The van der Waals surface area contributed by atoms with E-state index in [2.05, 4.69) is 20.0 Å². The molecule has 0 amide bonds. The van der Waals surface area contributed by atoms with E-state index in [1.54, 1.807) is 20.8 Å². The molecule has 1 aliphatic rings. The molecule has 242 valence electrons. The number of nitrogens with two attached hydrogens (primary N) is 1. The molecule has 6 atom stereocenters. The smallest absolute Gasteiger partial charge is 0.406 e. The van der Waals surface area contributed by atoms with E-state index in [1.165, 1.54) is 24.9 Å². The minimum Gasteiger partial charge on any atom is -0.479 e. The number of aromatic nitrogens is 4. The number of fused-ring (bicyclic) bond motifs is 1. The Morgan fingerprint density at radius 3 is 2.56 bits per heavy atom. The summed E-state index contributed by atoms with van der Waals surface area (Å²) in [4.78, 5) is 37.2. The summed E-state index contributed by atoms with van der Waals surface area (Å²) in [5.41, 5.74) is 4.26. The van der Waals surface area contributed by atoms with Crippen molar-refractivity contribution >= 4 is 36.8 Å². The maximum atomic E-state index is 13.9. The molecule has 0 aromatic carbocycles. The van der Waals surface area contributed by atoms with Gasteiger partial charge in [-0.25, -0.2) is 19.4 Å². The van der Waals surface area contributed by atoms with Crippen LogP contribution in [0.2, 0.25) is 0 Å². The number of aliphatic hydroxyl groups excluding tert-OH is 1. The third-order valence-corrected chi connectivity index (χ3v) is 7.92. The van der Waals surface area contributed by atoms with Crippen molar-refractivity contribution in [3.8, 4) is 5.88 Å². The van der Waals surface area contributed by atoms with Crippen LogP contribution in [0.25, 0.3) is 11.2 Å². The monoisotopic (exact) mass is 632 g/mol. The van der Waals surface area contributed by atoms with Crippen molar-refractivity contribution in [1.29, 1.82) is 0 Å². The SMILES string of the molecule is CCOC(=O)COP(=O)(NC(CC(C)C)C(=O)OC(C)C)OCC1OC(n2cnc3c(OC)nc(N)nc32)C(C)(O)C1O. The van der Waals surface area contributed by atoms with Crippen LogP contribution < -0.4 is 15.6 Å². The third-order valence-electron chi connectivity index (χ3n) is 6.33. The van der Waals surface area contributed by atoms with Gasteiger partial charge in [0.1, 0.15) is 23.9 Å². The van der Waals surface area contributed by atoms with Gasteiger partial charge in [0.15, 0.2) is 24.0 Å². The first-order chi connectivity index (χ1) is 20.1. The number of ether oxygens (including phenoxy) is 4. The molecule has 2 aromatic rings. The van der Waals surface area contributed by atoms with Crippen molar-refractivity contribution in [3.05, 3.63) is 6.33 Å². The van der Waals surface area contributed by atoms with Gasteiger partial charge in [0, 0.05) is 0 Å². The number of nitrogen functional groups attached to an aromatic ring is 1. The summed E-state index contributed by atoms with van der Waals surface area (Å²) in [6.45, 7) is 8.65. The molecule has 18 heteroatoms. The van der Waals surface area contributed by atoms with Crippen LogP contribution in [0.1, 0.15) is 54.2 Å². The van der Waals surface area contributed by atoms with Gasteiger partial charge in [-0.1, -0.05) is 13.8 Å². The second-order valence-corrected chi connectivity index (χ2v) is 12.6. The van der Waals surface area contributed by atoms with E-state index in [1.807, 2.05) is 13.8 Å². The summed E-state index contributed by atoms with van der Waals surface area (Å²) in [7, 11) is -3.08. The fraction of sp³-hybridized carbons (Fsp3) is 0.720. The zero-order valence-corrected chi connectivity index (χ0v) is 26.1. The Kier molecular flexibility index (Phi) is 11.4. The van der Waals surface area contributed by atoms with Crippen LogP contribution in [0, 0.1) is 5.92 Å². The van der Waals surface area contributed by atoms with Crippen molar-refractivity contribution in [1.82, 2.24) is 24.6 Å². The van der Waals surface area contributed by atoms with Crippen molar-refractivity contribution < 1.29 is 52.4 Å². The van der Waals surface area contributed by atoms with Gasteiger partial charge in [-0.15, -0.1) is 0 Å². The quantitative estimate of drug-likeness (QED) is 0.159. The minimum absolute atomic E-state index is 0.0342. The van der Waals surface area contributed by atoms with Gasteiger partial charge < -0.3 is 34.9 Å². The molecule has 0 spiro atoms. The van der Waals surface area contributed by atoms with Gasteiger partial charge in [-0.3, -0.25) is 18.4 Å². The Bertz CT molecular complexity index is 1320. The third kappa shape index (κ3) is 8.38. The number of esters is 2. The Morgan fingerprint density at radius 2 is 1.95 bits per heavy atom. The summed E-state index contributed by atoms with van der Waals surface area (Å²) in [5.74, 6) is -1.58. The first kappa shape index (κ1) is 34.6. The Morgan fingerprint density at radius 1 is 1.26 bits per heavy atom. The van der Waals surface area contributed by atoms with Crippen LogP contribution in [0.3, 0.4) is 0 Å². The van der Waals surface area contributed by atoms with E-state index < -0.39 is 69.1 Å². The van der Waals surface area contributed by atoms with Crippen LogP contribution in [-0.2, 0) is 37.4 Å². The summed E-state index contributed by atoms with van der Waals surface area (Å²) >= 11 is 0. The number of methoxy groups -OCH3 is 1. The molecule has 5 N–H and O–H groups in total. The predicted octanol–water partition coefficient (Wildman–Crippen LogP) is 1.09. The lowest BCUT2D eigenvalue weighted by Crippen LogP contribution is -2.44. The number of hydrogen-bond donors (Lipinski definition) is 4. The molecule has 3 heterocycles. The van der Waals surface area contributed by atoms with Gasteiger partial charge in [-0.2, -0.15) is 9.97 Å². The van der Waals surface area contributed by atoms with E-state index in [4.69, 9.17) is 33.7 Å². The lowest BCUT2D eigenvalue weighted by molar-refractivity contribution is -0.150. The van der Waals surface area contributed by atoms with E-state index >= 15 is 0 Å². The number of carbonyl (C=O) groups is 2. The van der Waals surface area contributed by atoms with Gasteiger partial charge in [-0.05, 0) is 40.0 Å². The number of hydrogen-bond acceptors (Lipinski definition) is 15. The minimum atomic E-state index is -4.46. The first-order valence-corrected chi connectivity index (χ1v) is 15.3. The summed E-state index contributed by atoms with van der Waals surface area (Å²) < 4.78 is 47.5. The first-order valence-electron chi connectivity index (χ1n) is 13.7. The molecule has 1 aliphatic heterocycles. The van der Waals surface area contributed by atoms with Crippen LogP contribution >= 0.6 is 7.75 Å². The van der Waals surface area contributed by atoms with Crippen LogP contribution in [0.4, 0.5) is 5.95 Å². The number of rotatable bonds is 15. The maximum absolute atomic E-state index is 13.9. The average molecular weight is 633 g/mol. The van der Waals surface area contributed by atoms with Crippen molar-refractivity contribution in [2.45, 2.75) is 84.1 Å². The number of aliphatic hydroxyl groups is 2. The van der Waals surface area contributed by atoms with Crippen LogP contribution in [0.15, 0.2) is 6.33 Å². The van der Waals surface area contributed by atoms with Crippen molar-refractivity contribution in [2.75, 3.05) is 32.7 Å². The molecule has 6 unspecified atom stereocenters. The molecule has 0 radical (unpaired) electrons. The summed E-state index contributed by atoms with van der Waals surface area (Å²) in [6.07, 6.45) is -3.06. The van der Waals surface area contributed by atoms with Gasteiger partial charge in [0.05, 0.1) is 32.8 Å². The average Bonchev–Trinajstić information content (AvgIpc) is 3.42. The summed E-state index contributed by atoms with van der Waals surface area (Å²) in [6, 6.07) is -1.13. The summed E-state index contributed by atoms with van der Waals surface area (Å²) in [5, 5.41) is 24.9. The molecular weight excluding hydrogens is 591 g/mol. The van der Waals surface area contributed by atoms with Gasteiger partial charge >= 0.3 is 19.7 Å². The topological polar surface area (TPSA) is 229 Å². The van der Waals surface area contributed by atoms with Crippen LogP contribution in [0.5, 0.6) is 5.88 Å². The fourth-order valence-corrected chi connectivity index (χ4v) is 5.84. The molecular formula is C25H41N6O11P. The van der Waals surface area contributed by atoms with Gasteiger partial charge in [0.2, 0.25) is 11.8 Å². The van der Waals surface area contributed by atoms with E-state index in [0.29, 0.717) is 0 Å². The maximum Gasteiger partial charge on any atom is 0.406 e. The predicted molar refractivity (Wildman–Crippen MR) is 151 cm³/mol.